The molecule has 2 atom stereocenters. The summed E-state index contributed by atoms with van der Waals surface area (Å²) in [4.78, 5) is 41.0. The molecule has 0 bridgehead atoms. The van der Waals surface area contributed by atoms with E-state index in [1.165, 1.54) is 4.90 Å². The maximum atomic E-state index is 13.6. The molecule has 3 amide bonds. The number of anilines is 1. The molecule has 35 heavy (non-hydrogen) atoms. The van der Waals surface area contributed by atoms with Gasteiger partial charge in [-0.2, -0.15) is 12.6 Å². The quantitative estimate of drug-likeness (QED) is 0.412. The number of benzene rings is 2. The van der Waals surface area contributed by atoms with Crippen molar-refractivity contribution in [3.05, 3.63) is 64.2 Å². The third-order valence-corrected chi connectivity index (χ3v) is 5.90. The first kappa shape index (κ1) is 28.5. The number of halogens is 1. The molecule has 2 rings (SSSR count). The number of alkyl carbamates (subject to hydrolysis) is 1. The number of para-hydroxylation sites is 1. The number of aryl methyl sites for hydroxylation is 2. The molecule has 2 aromatic carbocycles. The van der Waals surface area contributed by atoms with Crippen LogP contribution in [0.2, 0.25) is 5.02 Å². The predicted molar refractivity (Wildman–Crippen MR) is 143 cm³/mol. The summed E-state index contributed by atoms with van der Waals surface area (Å²) in [6.45, 7) is 11.0. The number of thiol groups is 1. The van der Waals surface area contributed by atoms with Gasteiger partial charge in [-0.25, -0.2) is 4.79 Å². The highest BCUT2D eigenvalue weighted by Crippen LogP contribution is 2.29. The van der Waals surface area contributed by atoms with Crippen LogP contribution in [0.1, 0.15) is 50.4 Å². The van der Waals surface area contributed by atoms with Crippen molar-refractivity contribution < 1.29 is 19.1 Å². The van der Waals surface area contributed by atoms with Gasteiger partial charge in [-0.05, 0) is 58.7 Å². The minimum absolute atomic E-state index is 0.0282. The summed E-state index contributed by atoms with van der Waals surface area (Å²) < 4.78 is 5.30. The Hall–Kier alpha value is -2.71. The molecule has 2 aromatic rings. The summed E-state index contributed by atoms with van der Waals surface area (Å²) in [7, 11) is 0. The van der Waals surface area contributed by atoms with Crippen molar-refractivity contribution in [2.75, 3.05) is 17.6 Å². The largest absolute Gasteiger partial charge is 0.444 e. The maximum Gasteiger partial charge on any atom is 0.408 e. The molecule has 190 valence electrons. The second-order valence-electron chi connectivity index (χ2n) is 9.24. The van der Waals surface area contributed by atoms with Crippen LogP contribution in [0.3, 0.4) is 0 Å². The Morgan fingerprint density at radius 1 is 1.09 bits per heavy atom. The fourth-order valence-corrected chi connectivity index (χ4v) is 4.02. The van der Waals surface area contributed by atoms with Crippen LogP contribution in [0.4, 0.5) is 10.5 Å². The van der Waals surface area contributed by atoms with Crippen LogP contribution in [0.25, 0.3) is 0 Å². The number of carbonyl (C=O) groups excluding carboxylic acids is 3. The van der Waals surface area contributed by atoms with Gasteiger partial charge in [-0.15, -0.1) is 0 Å². The highest BCUT2D eigenvalue weighted by Gasteiger charge is 2.35. The first-order chi connectivity index (χ1) is 16.4. The van der Waals surface area contributed by atoms with E-state index in [0.717, 1.165) is 11.1 Å². The number of rotatable bonds is 8. The number of nitrogens with one attached hydrogen (secondary N) is 2. The van der Waals surface area contributed by atoms with E-state index in [0.29, 0.717) is 16.3 Å². The van der Waals surface area contributed by atoms with Gasteiger partial charge in [0.25, 0.3) is 5.91 Å². The molecule has 7 nitrogen and oxygen atoms in total. The molecule has 0 saturated heterocycles. The van der Waals surface area contributed by atoms with Crippen molar-refractivity contribution in [2.24, 2.45) is 0 Å². The minimum atomic E-state index is -0.990. The van der Waals surface area contributed by atoms with E-state index in [9.17, 15) is 14.4 Å². The average Bonchev–Trinajstić information content (AvgIpc) is 2.77. The van der Waals surface area contributed by atoms with E-state index < -0.39 is 35.6 Å². The summed E-state index contributed by atoms with van der Waals surface area (Å²) in [5.41, 5.74) is 2.20. The van der Waals surface area contributed by atoms with Gasteiger partial charge in [0.05, 0.1) is 10.7 Å². The molecule has 0 fully saturated rings. The standard InChI is InChI=1S/C26H34ClN3O4S/c1-7-30(24(32)20(15-35)28-25(33)34-26(4,5)6)22(18-13-11-16(2)12-14-18)23(31)29-21-17(3)9-8-10-19(21)27/h8-14,20,22,35H,7,15H2,1-6H3,(H,28,33)(H,29,31). The summed E-state index contributed by atoms with van der Waals surface area (Å²) in [5.74, 6) is -0.846. The average molecular weight is 520 g/mol. The predicted octanol–water partition coefficient (Wildman–Crippen LogP) is 5.31. The second-order valence-corrected chi connectivity index (χ2v) is 10.0. The molecule has 0 heterocycles. The normalized spacial score (nSPS) is 12.9. The van der Waals surface area contributed by atoms with Crippen LogP contribution in [-0.4, -0.2) is 46.7 Å². The van der Waals surface area contributed by atoms with Crippen LogP contribution in [0.5, 0.6) is 0 Å². The Morgan fingerprint density at radius 3 is 2.23 bits per heavy atom. The smallest absolute Gasteiger partial charge is 0.408 e. The SMILES string of the molecule is CCN(C(=O)C(CS)NC(=O)OC(C)(C)C)C(C(=O)Nc1c(C)cccc1Cl)c1ccc(C)cc1. The van der Waals surface area contributed by atoms with Crippen LogP contribution in [0.15, 0.2) is 42.5 Å². The van der Waals surface area contributed by atoms with E-state index in [1.54, 1.807) is 39.8 Å². The maximum absolute atomic E-state index is 13.6. The summed E-state index contributed by atoms with van der Waals surface area (Å²) in [5, 5.41) is 5.87. The minimum Gasteiger partial charge on any atom is -0.444 e. The molecule has 0 spiro atoms. The zero-order valence-electron chi connectivity index (χ0n) is 21.0. The van der Waals surface area contributed by atoms with Gasteiger partial charge in [0, 0.05) is 12.3 Å². The Balaban J connectivity index is 2.42. The molecule has 0 radical (unpaired) electrons. The number of hydrogen-bond donors (Lipinski definition) is 3. The number of amides is 3. The van der Waals surface area contributed by atoms with Crippen molar-refractivity contribution in [1.29, 1.82) is 0 Å². The molecule has 2 N–H and O–H groups in total. The van der Waals surface area contributed by atoms with Crippen molar-refractivity contribution in [1.82, 2.24) is 10.2 Å². The Labute approximate surface area is 218 Å². The Morgan fingerprint density at radius 2 is 1.71 bits per heavy atom. The summed E-state index contributed by atoms with van der Waals surface area (Å²) in [6.07, 6.45) is -0.732. The van der Waals surface area contributed by atoms with E-state index in [-0.39, 0.29) is 12.3 Å². The third kappa shape index (κ3) is 7.90. The monoisotopic (exact) mass is 519 g/mol. The van der Waals surface area contributed by atoms with Gasteiger partial charge < -0.3 is 20.3 Å². The molecule has 0 saturated carbocycles. The molecular weight excluding hydrogens is 486 g/mol. The van der Waals surface area contributed by atoms with E-state index in [4.69, 9.17) is 16.3 Å². The molecule has 0 aliphatic rings. The fraction of sp³-hybridized carbons (Fsp3) is 0.423. The lowest BCUT2D eigenvalue weighted by molar-refractivity contribution is -0.140. The van der Waals surface area contributed by atoms with E-state index in [1.807, 2.05) is 44.2 Å². The van der Waals surface area contributed by atoms with Crippen LogP contribution < -0.4 is 10.6 Å². The number of likely N-dealkylation sites (N-methyl/N-ethyl adjacent to an activating group) is 1. The fourth-order valence-electron chi connectivity index (χ4n) is 3.50. The molecule has 2 unspecified atom stereocenters. The van der Waals surface area contributed by atoms with Gasteiger partial charge in [0.1, 0.15) is 17.7 Å². The Bertz CT molecular complexity index is 1030. The number of hydrogen-bond acceptors (Lipinski definition) is 5. The molecular formula is C26H34ClN3O4S. The Kier molecular flexibility index (Phi) is 10.0. The van der Waals surface area contributed by atoms with Crippen molar-refractivity contribution >= 4 is 47.8 Å². The van der Waals surface area contributed by atoms with Crippen molar-refractivity contribution in [3.8, 4) is 0 Å². The first-order valence-corrected chi connectivity index (χ1v) is 12.4. The van der Waals surface area contributed by atoms with Gasteiger partial charge in [-0.3, -0.25) is 9.59 Å². The van der Waals surface area contributed by atoms with Gasteiger partial charge in [-0.1, -0.05) is 53.6 Å². The first-order valence-electron chi connectivity index (χ1n) is 11.4. The highest BCUT2D eigenvalue weighted by atomic mass is 35.5. The van der Waals surface area contributed by atoms with Gasteiger partial charge >= 0.3 is 6.09 Å². The van der Waals surface area contributed by atoms with Crippen LogP contribution >= 0.6 is 24.2 Å². The van der Waals surface area contributed by atoms with Crippen molar-refractivity contribution in [3.63, 3.8) is 0 Å². The number of carbonyl (C=O) groups is 3. The molecule has 0 aromatic heterocycles. The lowest BCUT2D eigenvalue weighted by Crippen LogP contribution is -2.53. The zero-order valence-corrected chi connectivity index (χ0v) is 22.7. The topological polar surface area (TPSA) is 87.7 Å². The van der Waals surface area contributed by atoms with Crippen LogP contribution in [-0.2, 0) is 14.3 Å². The highest BCUT2D eigenvalue weighted by molar-refractivity contribution is 7.80. The van der Waals surface area contributed by atoms with Crippen molar-refractivity contribution in [2.45, 2.75) is 59.2 Å². The zero-order chi connectivity index (χ0) is 26.3. The number of nitrogens with zero attached hydrogens (tertiary/aromatic N) is 1. The molecule has 0 aliphatic carbocycles. The third-order valence-electron chi connectivity index (χ3n) is 5.22. The second kappa shape index (κ2) is 12.3. The van der Waals surface area contributed by atoms with Crippen LogP contribution in [0, 0.1) is 13.8 Å². The number of ether oxygens (including phenoxy) is 1. The summed E-state index contributed by atoms with van der Waals surface area (Å²) in [6, 6.07) is 10.8. The lowest BCUT2D eigenvalue weighted by Gasteiger charge is -2.33. The molecule has 9 heteroatoms. The van der Waals surface area contributed by atoms with Gasteiger partial charge in [0.2, 0.25) is 5.91 Å². The summed E-state index contributed by atoms with van der Waals surface area (Å²) >= 11 is 10.6. The lowest BCUT2D eigenvalue weighted by atomic mass is 10.0. The van der Waals surface area contributed by atoms with Gasteiger partial charge in [0.15, 0.2) is 0 Å². The van der Waals surface area contributed by atoms with E-state index in [2.05, 4.69) is 23.3 Å². The van der Waals surface area contributed by atoms with E-state index >= 15 is 0 Å². The molecule has 0 aliphatic heterocycles.